The lowest BCUT2D eigenvalue weighted by molar-refractivity contribution is -0.121. The zero-order valence-electron chi connectivity index (χ0n) is 6.30. The van der Waals surface area contributed by atoms with E-state index in [1.54, 1.807) is 0 Å². The van der Waals surface area contributed by atoms with Crippen LogP contribution in [-0.2, 0) is 4.79 Å². The molecule has 10 heavy (non-hydrogen) atoms. The molecule has 0 aromatic heterocycles. The Morgan fingerprint density at radius 3 is 2.40 bits per heavy atom. The van der Waals surface area contributed by atoms with E-state index in [1.165, 1.54) is 6.92 Å². The maximum absolute atomic E-state index is 12.8. The quantitative estimate of drug-likeness (QED) is 0.534. The lowest BCUT2D eigenvalue weighted by Gasteiger charge is -2.05. The van der Waals surface area contributed by atoms with Gasteiger partial charge in [-0.15, -0.1) is 0 Å². The predicted molar refractivity (Wildman–Crippen MR) is 36.6 cm³/mol. The number of Topliss-reactive ketones (excluding diaryl/α,β-unsaturated/α-hetero) is 1. The number of hydrogen-bond acceptors (Lipinski definition) is 2. The van der Waals surface area contributed by atoms with Crippen LogP contribution in [-0.4, -0.2) is 37.0 Å². The van der Waals surface area contributed by atoms with Crippen LogP contribution in [0.5, 0.6) is 0 Å². The molecule has 0 aromatic rings. The van der Waals surface area contributed by atoms with Gasteiger partial charge >= 0.3 is 0 Å². The van der Waals surface area contributed by atoms with Gasteiger partial charge in [-0.25, -0.2) is 4.39 Å². The monoisotopic (exact) mass is 145 g/mol. The second-order valence-electron chi connectivity index (χ2n) is 2.95. The minimum Gasteiger partial charge on any atom is -0.303 e. The maximum atomic E-state index is 12.8. The van der Waals surface area contributed by atoms with Gasteiger partial charge in [0.25, 0.3) is 0 Å². The number of likely N-dealkylation sites (tertiary alicyclic amines) is 1. The normalized spacial score (nSPS) is 34.7. The number of alkyl halides is 1. The van der Waals surface area contributed by atoms with Crippen molar-refractivity contribution in [1.29, 1.82) is 0 Å². The zero-order chi connectivity index (χ0) is 7.72. The van der Waals surface area contributed by atoms with Crippen LogP contribution in [0.15, 0.2) is 0 Å². The first-order valence-electron chi connectivity index (χ1n) is 3.44. The largest absolute Gasteiger partial charge is 0.303 e. The van der Waals surface area contributed by atoms with Crippen LogP contribution in [0.3, 0.4) is 0 Å². The Labute approximate surface area is 60.0 Å². The van der Waals surface area contributed by atoms with Crippen LogP contribution in [0.1, 0.15) is 6.92 Å². The third kappa shape index (κ3) is 1.34. The average molecular weight is 145 g/mol. The molecule has 1 saturated heterocycles. The molecule has 58 valence electrons. The van der Waals surface area contributed by atoms with Gasteiger partial charge < -0.3 is 4.90 Å². The van der Waals surface area contributed by atoms with E-state index in [2.05, 4.69) is 0 Å². The van der Waals surface area contributed by atoms with Crippen molar-refractivity contribution in [2.45, 2.75) is 13.1 Å². The van der Waals surface area contributed by atoms with E-state index in [0.29, 0.717) is 13.1 Å². The first-order valence-corrected chi connectivity index (χ1v) is 3.44. The van der Waals surface area contributed by atoms with Crippen molar-refractivity contribution < 1.29 is 9.18 Å². The van der Waals surface area contributed by atoms with Crippen molar-refractivity contribution in [1.82, 2.24) is 4.90 Å². The molecule has 1 aliphatic heterocycles. The third-order valence-electron chi connectivity index (χ3n) is 1.95. The molecule has 0 radical (unpaired) electrons. The summed E-state index contributed by atoms with van der Waals surface area (Å²) in [5.41, 5.74) is 0. The standard InChI is InChI=1S/C7H12FNO/c1-5(10)6-3-9(2)4-7(6)8/h6-7H,3-4H2,1-2H3. The van der Waals surface area contributed by atoms with Crippen LogP contribution in [0.25, 0.3) is 0 Å². The first kappa shape index (κ1) is 7.66. The Morgan fingerprint density at radius 2 is 2.20 bits per heavy atom. The zero-order valence-corrected chi connectivity index (χ0v) is 6.30. The summed E-state index contributed by atoms with van der Waals surface area (Å²) in [6, 6.07) is 0. The smallest absolute Gasteiger partial charge is 0.137 e. The van der Waals surface area contributed by atoms with Gasteiger partial charge in [0.05, 0.1) is 5.92 Å². The predicted octanol–water partition coefficient (Wildman–Crippen LogP) is 0.475. The molecule has 0 N–H and O–H groups in total. The van der Waals surface area contributed by atoms with Crippen molar-refractivity contribution in [3.05, 3.63) is 0 Å². The van der Waals surface area contributed by atoms with Gasteiger partial charge in [-0.05, 0) is 14.0 Å². The molecule has 1 heterocycles. The average Bonchev–Trinajstić information content (AvgIpc) is 2.10. The van der Waals surface area contributed by atoms with Gasteiger partial charge in [-0.2, -0.15) is 0 Å². The highest BCUT2D eigenvalue weighted by atomic mass is 19.1. The van der Waals surface area contributed by atoms with Gasteiger partial charge in [0.2, 0.25) is 0 Å². The van der Waals surface area contributed by atoms with E-state index >= 15 is 0 Å². The summed E-state index contributed by atoms with van der Waals surface area (Å²) in [7, 11) is 1.83. The number of carbonyl (C=O) groups is 1. The lowest BCUT2D eigenvalue weighted by Crippen LogP contribution is -2.20. The Kier molecular flexibility index (Phi) is 2.04. The van der Waals surface area contributed by atoms with Crippen molar-refractivity contribution >= 4 is 5.78 Å². The molecule has 0 amide bonds. The number of rotatable bonds is 1. The van der Waals surface area contributed by atoms with E-state index in [-0.39, 0.29) is 11.7 Å². The fraction of sp³-hybridized carbons (Fsp3) is 0.857. The van der Waals surface area contributed by atoms with Gasteiger partial charge in [-0.3, -0.25) is 4.79 Å². The molecule has 2 atom stereocenters. The van der Waals surface area contributed by atoms with Gasteiger partial charge in [-0.1, -0.05) is 0 Å². The fourth-order valence-corrected chi connectivity index (χ4v) is 1.33. The highest BCUT2D eigenvalue weighted by molar-refractivity contribution is 5.79. The van der Waals surface area contributed by atoms with E-state index in [9.17, 15) is 9.18 Å². The van der Waals surface area contributed by atoms with Crippen molar-refractivity contribution in [2.24, 2.45) is 5.92 Å². The first-order chi connectivity index (χ1) is 4.61. The highest BCUT2D eigenvalue weighted by Crippen LogP contribution is 2.18. The molecule has 1 rings (SSSR count). The van der Waals surface area contributed by atoms with Crippen molar-refractivity contribution in [3.63, 3.8) is 0 Å². The molecule has 0 bridgehead atoms. The molecule has 3 heteroatoms. The van der Waals surface area contributed by atoms with Crippen LogP contribution < -0.4 is 0 Å². The second kappa shape index (κ2) is 2.66. The molecule has 0 spiro atoms. The van der Waals surface area contributed by atoms with Crippen molar-refractivity contribution in [2.75, 3.05) is 20.1 Å². The molecule has 0 saturated carbocycles. The van der Waals surface area contributed by atoms with Crippen LogP contribution in [0.4, 0.5) is 4.39 Å². The second-order valence-corrected chi connectivity index (χ2v) is 2.95. The Balaban J connectivity index is 2.54. The van der Waals surface area contributed by atoms with Gasteiger partial charge in [0.1, 0.15) is 12.0 Å². The molecule has 1 aliphatic rings. The summed E-state index contributed by atoms with van der Waals surface area (Å²) in [6.45, 7) is 2.44. The number of ketones is 1. The SMILES string of the molecule is CC(=O)C1CN(C)CC1F. The number of hydrogen-bond donors (Lipinski definition) is 0. The Hall–Kier alpha value is -0.440. The van der Waals surface area contributed by atoms with Crippen molar-refractivity contribution in [3.8, 4) is 0 Å². The third-order valence-corrected chi connectivity index (χ3v) is 1.95. The highest BCUT2D eigenvalue weighted by Gasteiger charge is 2.33. The minimum absolute atomic E-state index is 0.0307. The summed E-state index contributed by atoms with van der Waals surface area (Å²) < 4.78 is 12.8. The van der Waals surface area contributed by atoms with Gasteiger partial charge in [0, 0.05) is 13.1 Å². The van der Waals surface area contributed by atoms with E-state index in [0.717, 1.165) is 0 Å². The number of nitrogens with zero attached hydrogens (tertiary/aromatic N) is 1. The summed E-state index contributed by atoms with van der Waals surface area (Å²) in [5, 5.41) is 0. The van der Waals surface area contributed by atoms with Crippen LogP contribution >= 0.6 is 0 Å². The number of carbonyl (C=O) groups excluding carboxylic acids is 1. The number of halogens is 1. The Morgan fingerprint density at radius 1 is 1.60 bits per heavy atom. The molecule has 2 nitrogen and oxygen atoms in total. The fourth-order valence-electron chi connectivity index (χ4n) is 1.33. The molecular formula is C7H12FNO. The molecule has 0 aromatic carbocycles. The van der Waals surface area contributed by atoms with E-state index in [1.807, 2.05) is 11.9 Å². The summed E-state index contributed by atoms with van der Waals surface area (Å²) in [4.78, 5) is 12.6. The van der Waals surface area contributed by atoms with E-state index in [4.69, 9.17) is 0 Å². The topological polar surface area (TPSA) is 20.3 Å². The summed E-state index contributed by atoms with van der Waals surface area (Å²) >= 11 is 0. The minimum atomic E-state index is -0.942. The van der Waals surface area contributed by atoms with Crippen LogP contribution in [0, 0.1) is 5.92 Å². The summed E-state index contributed by atoms with van der Waals surface area (Å²) in [6.07, 6.45) is -0.942. The Bertz CT molecular complexity index is 149. The van der Waals surface area contributed by atoms with Gasteiger partial charge in [0.15, 0.2) is 0 Å². The molecule has 2 unspecified atom stereocenters. The summed E-state index contributed by atoms with van der Waals surface area (Å²) in [5.74, 6) is -0.401. The van der Waals surface area contributed by atoms with E-state index < -0.39 is 6.17 Å². The molecular weight excluding hydrogens is 133 g/mol. The maximum Gasteiger partial charge on any atom is 0.137 e. The molecule has 1 fully saturated rings. The lowest BCUT2D eigenvalue weighted by atomic mass is 10.0. The van der Waals surface area contributed by atoms with Crippen LogP contribution in [0.2, 0.25) is 0 Å². The molecule has 0 aliphatic carbocycles.